The van der Waals surface area contributed by atoms with E-state index in [0.717, 1.165) is 59.2 Å². The third-order valence-electron chi connectivity index (χ3n) is 30.0. The van der Waals surface area contributed by atoms with Crippen molar-refractivity contribution in [2.45, 2.75) is 231 Å². The molecule has 17 aliphatic carbocycles. The molecule has 0 amide bonds. The van der Waals surface area contributed by atoms with Gasteiger partial charge in [0.05, 0.1) is 0 Å². The zero-order valence-electron chi connectivity index (χ0n) is 42.8. The second-order valence-corrected chi connectivity index (χ2v) is 31.0. The predicted molar refractivity (Wildman–Crippen MR) is 271 cm³/mol. The van der Waals surface area contributed by atoms with Gasteiger partial charge >= 0.3 is 0 Å². The minimum atomic E-state index is 1.15. The van der Waals surface area contributed by atoms with Gasteiger partial charge in [-0.15, -0.1) is 0 Å². The smallest absolute Gasteiger partial charge is 0.0318 e. The van der Waals surface area contributed by atoms with Gasteiger partial charge < -0.3 is 0 Å². The highest BCUT2D eigenvalue weighted by atomic mass is 14.7. The Labute approximate surface area is 406 Å². The second-order valence-electron chi connectivity index (χ2n) is 31.0. The molecule has 17 fully saturated rings. The van der Waals surface area contributed by atoms with E-state index in [0.29, 0.717) is 0 Å². The summed E-state index contributed by atoms with van der Waals surface area (Å²) in [4.78, 5) is 0. The Morgan fingerprint density at radius 1 is 0.121 bits per heavy atom. The Kier molecular flexibility index (Phi) is 10.8. The molecule has 366 valence electrons. The molecule has 0 spiro atoms. The molecule has 17 rings (SSSR count). The average molecular weight is 896 g/mol. The van der Waals surface area contributed by atoms with Crippen molar-refractivity contribution < 1.29 is 0 Å². The summed E-state index contributed by atoms with van der Waals surface area (Å²) in [7, 11) is 0. The lowest BCUT2D eigenvalue weighted by molar-refractivity contribution is -0.217. The van der Waals surface area contributed by atoms with E-state index in [1.54, 1.807) is 231 Å². The molecule has 30 unspecified atom stereocenters. The highest BCUT2D eigenvalue weighted by Crippen LogP contribution is 2.74. The van der Waals surface area contributed by atoms with Gasteiger partial charge in [0.2, 0.25) is 0 Å². The van der Waals surface area contributed by atoms with Crippen molar-refractivity contribution in [3.05, 3.63) is 0 Å². The molecular formula is C66H102. The monoisotopic (exact) mass is 895 g/mol. The van der Waals surface area contributed by atoms with Gasteiger partial charge in [-0.25, -0.2) is 0 Å². The Hall–Kier alpha value is 0. The number of rotatable bonds is 0. The fraction of sp³-hybridized carbons (Fsp3) is 1.00. The zero-order chi connectivity index (χ0) is 42.8. The molecule has 17 saturated carbocycles. The molecule has 0 aromatic rings. The quantitative estimate of drug-likeness (QED) is 0.227. The molecule has 0 aliphatic heterocycles. The van der Waals surface area contributed by atoms with Crippen LogP contribution in [-0.2, 0) is 0 Å². The van der Waals surface area contributed by atoms with Crippen LogP contribution in [-0.4, -0.2) is 0 Å². The first-order valence-electron chi connectivity index (χ1n) is 32.7. The summed E-state index contributed by atoms with van der Waals surface area (Å²) in [5.41, 5.74) is 0. The summed E-state index contributed by atoms with van der Waals surface area (Å²) in [5, 5.41) is 0. The molecular weight excluding hydrogens is 793 g/mol. The van der Waals surface area contributed by atoms with Crippen LogP contribution in [0.4, 0.5) is 0 Å². The third-order valence-corrected chi connectivity index (χ3v) is 30.0. The minimum Gasteiger partial charge on any atom is -0.0530 e. The Bertz CT molecular complexity index is 1680. The molecule has 0 nitrogen and oxygen atoms in total. The van der Waals surface area contributed by atoms with Gasteiger partial charge in [-0.05, 0) is 325 Å². The van der Waals surface area contributed by atoms with Gasteiger partial charge in [0.25, 0.3) is 0 Å². The molecule has 30 atom stereocenters. The lowest BCUT2D eigenvalue weighted by Gasteiger charge is -2.70. The topological polar surface area (TPSA) is 0 Å². The van der Waals surface area contributed by atoms with Gasteiger partial charge in [-0.1, -0.05) is 83.5 Å². The lowest BCUT2D eigenvalue weighted by Crippen LogP contribution is -2.64. The minimum absolute atomic E-state index is 1.15. The van der Waals surface area contributed by atoms with Crippen molar-refractivity contribution in [2.75, 3.05) is 0 Å². The van der Waals surface area contributed by atoms with E-state index < -0.39 is 0 Å². The maximum Gasteiger partial charge on any atom is -0.0318 e. The summed E-state index contributed by atoms with van der Waals surface area (Å²) < 4.78 is 0. The summed E-state index contributed by atoms with van der Waals surface area (Å²) in [5.74, 6) is 35.2. The van der Waals surface area contributed by atoms with E-state index in [9.17, 15) is 0 Å². The average Bonchev–Trinajstić information content (AvgIpc) is 3.37. The van der Waals surface area contributed by atoms with E-state index in [1.165, 1.54) is 118 Å². The maximum absolute atomic E-state index is 1.70. The normalized spacial score (nSPS) is 62.2. The Morgan fingerprint density at radius 2 is 0.379 bits per heavy atom. The van der Waals surface area contributed by atoms with Crippen LogP contribution in [0.25, 0.3) is 0 Å². The summed E-state index contributed by atoms with van der Waals surface area (Å²) in [6.07, 6.45) is 58.8. The van der Waals surface area contributed by atoms with E-state index in [1.807, 2.05) is 0 Å². The Morgan fingerprint density at radius 3 is 0.833 bits per heavy atom. The number of hydrogen-bond donors (Lipinski definition) is 0. The van der Waals surface area contributed by atoms with E-state index >= 15 is 0 Å². The second kappa shape index (κ2) is 16.8. The molecule has 0 bridgehead atoms. The first-order chi connectivity index (χ1) is 32.7. The van der Waals surface area contributed by atoms with Crippen molar-refractivity contribution >= 4 is 0 Å². The van der Waals surface area contributed by atoms with Crippen LogP contribution < -0.4 is 0 Å². The molecule has 0 heteroatoms. The van der Waals surface area contributed by atoms with Gasteiger partial charge in [0.15, 0.2) is 0 Å². The molecule has 0 saturated heterocycles. The van der Waals surface area contributed by atoms with Crippen LogP contribution >= 0.6 is 0 Å². The fourth-order valence-electron chi connectivity index (χ4n) is 28.9. The van der Waals surface area contributed by atoms with Crippen molar-refractivity contribution in [1.82, 2.24) is 0 Å². The van der Waals surface area contributed by atoms with E-state index in [-0.39, 0.29) is 0 Å². The van der Waals surface area contributed by atoms with E-state index in [4.69, 9.17) is 0 Å². The van der Waals surface area contributed by atoms with Gasteiger partial charge in [-0.3, -0.25) is 0 Å². The van der Waals surface area contributed by atoms with E-state index in [2.05, 4.69) is 0 Å². The Balaban J connectivity index is 0.000000117. The summed E-state index contributed by atoms with van der Waals surface area (Å²) >= 11 is 0. The standard InChI is InChI=1S/C34H52.C32H50/c1-3-7-23-19(5-1)17-21-9-11-27-28-12-10-22-18-20-6-2-4-8-24(20)26-14-16-30(34(28)32(22)26)29-15-13-25(23)31(21)33(27)29;1-2-6-20-17-29-22(15-19(20)5-1)9-12-26-28-14-10-23-16-21-7-3-4-8-25(21)27-13-11-24(18-30(26)29)32(28)31(23)27/h19-34H,1-18H2;19-32H,1-18H2. The third kappa shape index (κ3) is 6.41. The molecule has 0 radical (unpaired) electrons. The predicted octanol–water partition coefficient (Wildman–Crippen LogP) is 17.7. The highest BCUT2D eigenvalue weighted by Gasteiger charge is 2.66. The number of fused-ring (bicyclic) bond motifs is 13. The largest absolute Gasteiger partial charge is 0.0530 e. The van der Waals surface area contributed by atoms with Crippen LogP contribution in [0.15, 0.2) is 0 Å². The van der Waals surface area contributed by atoms with Crippen LogP contribution in [0.2, 0.25) is 0 Å². The first-order valence-corrected chi connectivity index (χ1v) is 32.7. The van der Waals surface area contributed by atoms with Crippen LogP contribution in [0, 0.1) is 178 Å². The van der Waals surface area contributed by atoms with Gasteiger partial charge in [-0.2, -0.15) is 0 Å². The molecule has 0 aromatic heterocycles. The summed E-state index contributed by atoms with van der Waals surface area (Å²) in [6, 6.07) is 0. The zero-order valence-corrected chi connectivity index (χ0v) is 42.8. The number of hydrogen-bond acceptors (Lipinski definition) is 0. The molecule has 0 heterocycles. The summed E-state index contributed by atoms with van der Waals surface area (Å²) in [6.45, 7) is 0. The van der Waals surface area contributed by atoms with Crippen molar-refractivity contribution in [1.29, 1.82) is 0 Å². The van der Waals surface area contributed by atoms with Crippen molar-refractivity contribution in [3.63, 3.8) is 0 Å². The van der Waals surface area contributed by atoms with Crippen LogP contribution in [0.3, 0.4) is 0 Å². The maximum atomic E-state index is 1.70. The van der Waals surface area contributed by atoms with Crippen molar-refractivity contribution in [2.24, 2.45) is 178 Å². The molecule has 0 N–H and O–H groups in total. The van der Waals surface area contributed by atoms with Crippen LogP contribution in [0.1, 0.15) is 231 Å². The first kappa shape index (κ1) is 42.5. The van der Waals surface area contributed by atoms with Crippen molar-refractivity contribution in [3.8, 4) is 0 Å². The van der Waals surface area contributed by atoms with Gasteiger partial charge in [0, 0.05) is 0 Å². The lowest BCUT2D eigenvalue weighted by atomic mass is 9.35. The van der Waals surface area contributed by atoms with Crippen LogP contribution in [0.5, 0.6) is 0 Å². The molecule has 66 heavy (non-hydrogen) atoms. The molecule has 0 aromatic carbocycles. The molecule has 17 aliphatic rings. The fourth-order valence-corrected chi connectivity index (χ4v) is 28.9. The van der Waals surface area contributed by atoms with Gasteiger partial charge in [0.1, 0.15) is 0 Å². The highest BCUT2D eigenvalue weighted by molar-refractivity contribution is 5.15. The SMILES string of the molecule is C1CCC2C(C1)CC1CCC3C4CCC5CC6CCCCC6C6CCC(C7CCC2C1C37)C4C56.C1CCC2CC3C(CCC4C3CC3CCC5C6CCCCC6CC6CCC4C3C65)CC2C1.